The quantitative estimate of drug-likeness (QED) is 0.750. The van der Waals surface area contributed by atoms with Gasteiger partial charge in [-0.1, -0.05) is 0 Å². The van der Waals surface area contributed by atoms with E-state index in [1.165, 1.54) is 0 Å². The monoisotopic (exact) mass is 201 g/mol. The van der Waals surface area contributed by atoms with Crippen molar-refractivity contribution in [3.63, 3.8) is 0 Å². The molecule has 0 aromatic carbocycles. The van der Waals surface area contributed by atoms with Crippen molar-refractivity contribution in [2.75, 3.05) is 0 Å². The highest BCUT2D eigenvalue weighted by atomic mass is 19.3. The second-order valence-corrected chi connectivity index (χ2v) is 2.60. The molecule has 1 rings (SSSR count). The number of hydrogen-bond acceptors (Lipinski definition) is 3. The average molecular weight is 201 g/mol. The van der Waals surface area contributed by atoms with Crippen LogP contribution in [0.25, 0.3) is 0 Å². The molecule has 0 aliphatic heterocycles. The minimum Gasteiger partial charge on any atom is -0.364 e. The zero-order valence-electron chi connectivity index (χ0n) is 7.21. The topological polar surface area (TPSA) is 82.0 Å². The first kappa shape index (κ1) is 10.5. The third-order valence-corrected chi connectivity index (χ3v) is 1.69. The highest BCUT2D eigenvalue weighted by Crippen LogP contribution is 2.21. The Kier molecular flexibility index (Phi) is 3.08. The molecule has 4 N–H and O–H groups in total. The van der Waals surface area contributed by atoms with Crippen LogP contribution >= 0.6 is 0 Å². The van der Waals surface area contributed by atoms with Crippen LogP contribution < -0.4 is 11.5 Å². The fraction of sp³-hybridized carbons (Fsp3) is 0.250. The van der Waals surface area contributed by atoms with E-state index >= 15 is 0 Å². The van der Waals surface area contributed by atoms with Crippen LogP contribution in [-0.4, -0.2) is 10.9 Å². The zero-order valence-corrected chi connectivity index (χ0v) is 7.21. The Bertz CT molecular complexity index is 354. The van der Waals surface area contributed by atoms with Gasteiger partial charge in [-0.3, -0.25) is 4.79 Å². The Hall–Kier alpha value is -1.56. The van der Waals surface area contributed by atoms with Gasteiger partial charge in [0.15, 0.2) is 0 Å². The number of carbonyl (C=O) groups is 1. The van der Waals surface area contributed by atoms with Gasteiger partial charge in [0, 0.05) is 12.1 Å². The smallest absolute Gasteiger partial charge is 0.267 e. The second-order valence-electron chi connectivity index (χ2n) is 2.60. The lowest BCUT2D eigenvalue weighted by Gasteiger charge is -2.06. The summed E-state index contributed by atoms with van der Waals surface area (Å²) in [6.45, 7) is -0.152. The van der Waals surface area contributed by atoms with Crippen LogP contribution in [0.5, 0.6) is 0 Å². The Morgan fingerprint density at radius 3 is 2.57 bits per heavy atom. The molecule has 0 fully saturated rings. The van der Waals surface area contributed by atoms with E-state index in [-0.39, 0.29) is 23.5 Å². The summed E-state index contributed by atoms with van der Waals surface area (Å²) in [6.07, 6.45) is -2.65. The van der Waals surface area contributed by atoms with Crippen LogP contribution in [0.2, 0.25) is 0 Å². The number of aromatic nitrogens is 1. The van der Waals surface area contributed by atoms with Crippen molar-refractivity contribution in [1.82, 2.24) is 4.98 Å². The number of halogens is 2. The molecule has 1 amide bonds. The molecule has 0 unspecified atom stereocenters. The van der Waals surface area contributed by atoms with Gasteiger partial charge >= 0.3 is 0 Å². The number of alkyl halides is 2. The molecule has 0 aliphatic carbocycles. The molecule has 4 nitrogen and oxygen atoms in total. The molecular formula is C8H9F2N3O. The van der Waals surface area contributed by atoms with Crippen molar-refractivity contribution >= 4 is 5.91 Å². The predicted octanol–water partition coefficient (Wildman–Crippen LogP) is 0.577. The second kappa shape index (κ2) is 4.10. The van der Waals surface area contributed by atoms with Crippen molar-refractivity contribution in [2.24, 2.45) is 11.5 Å². The van der Waals surface area contributed by atoms with Gasteiger partial charge in [0.25, 0.3) is 12.3 Å². The number of primary amides is 1. The first-order valence-electron chi connectivity index (χ1n) is 3.84. The highest BCUT2D eigenvalue weighted by Gasteiger charge is 2.14. The Morgan fingerprint density at radius 2 is 2.14 bits per heavy atom. The van der Waals surface area contributed by atoms with Gasteiger partial charge in [0.1, 0.15) is 5.69 Å². The molecule has 0 atom stereocenters. The minimum absolute atomic E-state index is 0.00343. The molecule has 1 heterocycles. The van der Waals surface area contributed by atoms with Crippen LogP contribution in [0, 0.1) is 0 Å². The Labute approximate surface area is 78.9 Å². The van der Waals surface area contributed by atoms with Crippen LogP contribution in [-0.2, 0) is 6.54 Å². The standard InChI is InChI=1S/C8H9F2N3O/c9-7(10)4-1-2-5(8(12)14)13-6(4)3-11/h1-2,7H,3,11H2,(H2,12,14). The molecule has 1 aromatic rings. The summed E-state index contributed by atoms with van der Waals surface area (Å²) in [6, 6.07) is 2.27. The number of hydrogen-bond donors (Lipinski definition) is 2. The number of amides is 1. The van der Waals surface area contributed by atoms with Crippen molar-refractivity contribution < 1.29 is 13.6 Å². The van der Waals surface area contributed by atoms with Crippen molar-refractivity contribution in [3.8, 4) is 0 Å². The number of pyridine rings is 1. The van der Waals surface area contributed by atoms with Crippen LogP contribution in [0.15, 0.2) is 12.1 Å². The molecule has 6 heteroatoms. The van der Waals surface area contributed by atoms with E-state index in [9.17, 15) is 13.6 Å². The van der Waals surface area contributed by atoms with Crippen molar-refractivity contribution in [1.29, 1.82) is 0 Å². The Balaban J connectivity index is 3.18. The molecule has 0 aliphatic rings. The van der Waals surface area contributed by atoms with Crippen molar-refractivity contribution in [2.45, 2.75) is 13.0 Å². The Morgan fingerprint density at radius 1 is 1.50 bits per heavy atom. The van der Waals surface area contributed by atoms with Crippen LogP contribution in [0.1, 0.15) is 28.2 Å². The van der Waals surface area contributed by atoms with E-state index in [4.69, 9.17) is 11.5 Å². The molecule has 0 radical (unpaired) electrons. The lowest BCUT2D eigenvalue weighted by Crippen LogP contribution is -2.16. The fourth-order valence-corrected chi connectivity index (χ4v) is 1.01. The van der Waals surface area contributed by atoms with E-state index in [0.29, 0.717) is 0 Å². The summed E-state index contributed by atoms with van der Waals surface area (Å²) in [5.74, 6) is -0.763. The van der Waals surface area contributed by atoms with Gasteiger partial charge in [-0.05, 0) is 12.1 Å². The van der Waals surface area contributed by atoms with Gasteiger partial charge in [-0.25, -0.2) is 13.8 Å². The summed E-state index contributed by atoms with van der Waals surface area (Å²) < 4.78 is 24.7. The van der Waals surface area contributed by atoms with Gasteiger partial charge in [-0.2, -0.15) is 0 Å². The maximum absolute atomic E-state index is 12.3. The van der Waals surface area contributed by atoms with E-state index in [1.807, 2.05) is 0 Å². The predicted molar refractivity (Wildman–Crippen MR) is 45.6 cm³/mol. The number of nitrogens with two attached hydrogens (primary N) is 2. The van der Waals surface area contributed by atoms with Gasteiger partial charge < -0.3 is 11.5 Å². The maximum atomic E-state index is 12.3. The summed E-state index contributed by atoms with van der Waals surface area (Å²) in [5.41, 5.74) is 9.81. The molecule has 76 valence electrons. The highest BCUT2D eigenvalue weighted by molar-refractivity contribution is 5.90. The minimum atomic E-state index is -2.65. The van der Waals surface area contributed by atoms with Gasteiger partial charge in [0.2, 0.25) is 0 Å². The molecule has 0 spiro atoms. The zero-order chi connectivity index (χ0) is 10.7. The summed E-state index contributed by atoms with van der Waals surface area (Å²) in [5, 5.41) is 0. The van der Waals surface area contributed by atoms with Gasteiger partial charge in [-0.15, -0.1) is 0 Å². The molecule has 0 saturated carbocycles. The van der Waals surface area contributed by atoms with E-state index in [0.717, 1.165) is 12.1 Å². The SMILES string of the molecule is NCc1nc(C(N)=O)ccc1C(F)F. The molecule has 0 bridgehead atoms. The summed E-state index contributed by atoms with van der Waals surface area (Å²) in [7, 11) is 0. The lowest BCUT2D eigenvalue weighted by molar-refractivity contribution is 0.0994. The van der Waals surface area contributed by atoms with E-state index in [2.05, 4.69) is 4.98 Å². The largest absolute Gasteiger partial charge is 0.364 e. The van der Waals surface area contributed by atoms with Crippen molar-refractivity contribution in [3.05, 3.63) is 29.1 Å². The molecule has 0 saturated heterocycles. The number of nitrogens with zero attached hydrogens (tertiary/aromatic N) is 1. The first-order valence-corrected chi connectivity index (χ1v) is 3.84. The maximum Gasteiger partial charge on any atom is 0.267 e. The van der Waals surface area contributed by atoms with E-state index < -0.39 is 12.3 Å². The van der Waals surface area contributed by atoms with Gasteiger partial charge in [0.05, 0.1) is 5.69 Å². The third kappa shape index (κ3) is 2.02. The molecule has 14 heavy (non-hydrogen) atoms. The van der Waals surface area contributed by atoms with Crippen LogP contribution in [0.4, 0.5) is 8.78 Å². The summed E-state index contributed by atoms with van der Waals surface area (Å²) in [4.78, 5) is 14.3. The molecular weight excluding hydrogens is 192 g/mol. The summed E-state index contributed by atoms with van der Waals surface area (Å²) >= 11 is 0. The number of rotatable bonds is 3. The third-order valence-electron chi connectivity index (χ3n) is 1.69. The van der Waals surface area contributed by atoms with E-state index in [1.54, 1.807) is 0 Å². The lowest BCUT2D eigenvalue weighted by atomic mass is 10.1. The first-order chi connectivity index (χ1) is 6.56. The number of carbonyl (C=O) groups excluding carboxylic acids is 1. The molecule has 1 aromatic heterocycles. The van der Waals surface area contributed by atoms with Crippen LogP contribution in [0.3, 0.4) is 0 Å². The average Bonchev–Trinajstić information content (AvgIpc) is 2.16. The fourth-order valence-electron chi connectivity index (χ4n) is 1.01. The normalized spacial score (nSPS) is 10.6.